The van der Waals surface area contributed by atoms with Gasteiger partial charge >= 0.3 is 32.7 Å². The van der Waals surface area contributed by atoms with Crippen molar-refractivity contribution in [2.45, 2.75) is 169 Å². The second kappa shape index (κ2) is 15.3. The second-order valence-electron chi connectivity index (χ2n) is 21.9. The summed E-state index contributed by atoms with van der Waals surface area (Å²) in [5.74, 6) is 0. The number of hydrogen-bond donors (Lipinski definition) is 0. The molecular weight excluding hydrogens is 730 g/mol. The minimum atomic E-state index is -1.88. The van der Waals surface area contributed by atoms with Gasteiger partial charge in [0.2, 0.25) is 0 Å². The molecule has 0 amide bonds. The van der Waals surface area contributed by atoms with Crippen LogP contribution in [0.25, 0.3) is 0 Å². The third-order valence-corrected chi connectivity index (χ3v) is 36.8. The molecule has 0 saturated heterocycles. The van der Waals surface area contributed by atoms with Gasteiger partial charge in [-0.2, -0.15) is 0 Å². The second-order valence-corrected chi connectivity index (χ2v) is 57.6. The summed E-state index contributed by atoms with van der Waals surface area (Å²) in [7, 11) is -9.74. The largest absolute Gasteiger partial charge is 3.00 e. The van der Waals surface area contributed by atoms with E-state index in [1.165, 1.54) is 0 Å². The Morgan fingerprint density at radius 1 is 0.400 bits per heavy atom. The molecule has 2 rings (SSSR count). The van der Waals surface area contributed by atoms with Gasteiger partial charge < -0.3 is 5.67 Å². The van der Waals surface area contributed by atoms with E-state index in [1.807, 2.05) is 0 Å². The Hall–Kier alpha value is 2.62. The molecule has 0 aromatic rings. The van der Waals surface area contributed by atoms with Gasteiger partial charge in [-0.05, 0) is 69.0 Å². The first-order valence-corrected chi connectivity index (χ1v) is 40.5. The first kappa shape index (κ1) is 47.6. The summed E-state index contributed by atoms with van der Waals surface area (Å²) in [5, 5.41) is 0.723. The van der Waals surface area contributed by atoms with Crippen LogP contribution in [-0.4, -0.2) is 56.5 Å². The summed E-state index contributed by atoms with van der Waals surface area (Å²) in [6.45, 7) is 60.4. The van der Waals surface area contributed by atoms with Crippen molar-refractivity contribution in [3.05, 3.63) is 64.6 Å². The molecule has 2 fully saturated rings. The molecule has 254 valence electrons. The molecule has 0 aromatic carbocycles. The van der Waals surface area contributed by atoms with Crippen molar-refractivity contribution < 1.29 is 32.7 Å². The molecule has 0 aliphatic heterocycles. The SMILES string of the molecule is CC(C)(C)[Si](C)(C)[C]1[CH][C]([Si](C)(C)C)[C]([Si](C)(C)[C]2[CH][C]([Si](C)(C)C(C)(C)C)[CH][C]2[Si](C)(C)C)[CH]1.C[Si](C)(C)[CH-][Si](C)(C)C.[Y+3]. The minimum absolute atomic E-state index is 0. The third kappa shape index (κ3) is 12.4. The van der Waals surface area contributed by atoms with Gasteiger partial charge in [-0.1, -0.05) is 159 Å². The van der Waals surface area contributed by atoms with E-state index >= 15 is 0 Å². The standard InChI is InChI=1S/C30H58Si5.C7H19Si2.Y/c1-29(2,3)34(15,16)23-19-25(31(7,8)9)27(21-23)33(13,14)28-22-24(20-26(28)32(10,11)12)35(17,18)30(4,5)6;1-8(2,3)7-9(4,5)6;/h19-22H,1-18H3;7H,1-6H3;/q;-1;+3. The van der Waals surface area contributed by atoms with Crippen LogP contribution in [0.2, 0.25) is 128 Å². The van der Waals surface area contributed by atoms with Gasteiger partial charge in [0.05, 0.1) is 40.4 Å². The topological polar surface area (TPSA) is 0 Å². The van der Waals surface area contributed by atoms with E-state index in [2.05, 4.69) is 191 Å². The molecule has 8 heteroatoms. The average molecular weight is 808 g/mol. The van der Waals surface area contributed by atoms with Crippen molar-refractivity contribution in [1.29, 1.82) is 0 Å². The monoisotopic (exact) mass is 806 g/mol. The first-order valence-electron chi connectivity index (χ1n) is 17.4. The number of hydrogen-bond acceptors (Lipinski definition) is 0. The Morgan fingerprint density at radius 2 is 0.622 bits per heavy atom. The molecule has 45 heavy (non-hydrogen) atoms. The van der Waals surface area contributed by atoms with Crippen LogP contribution >= 0.6 is 0 Å². The van der Waals surface area contributed by atoms with Gasteiger partial charge in [-0.3, -0.25) is 0 Å². The zero-order valence-electron chi connectivity index (χ0n) is 35.0. The molecule has 0 unspecified atom stereocenters. The van der Waals surface area contributed by atoms with E-state index in [4.69, 9.17) is 0 Å². The molecule has 0 atom stereocenters. The summed E-state index contributed by atoms with van der Waals surface area (Å²) in [6.07, 6.45) is 10.9. The fourth-order valence-electron chi connectivity index (χ4n) is 6.32. The summed E-state index contributed by atoms with van der Waals surface area (Å²) in [4.78, 5) is 0. The fourth-order valence-corrected chi connectivity index (χ4v) is 30.9. The Bertz CT molecular complexity index is 857. The van der Waals surface area contributed by atoms with Crippen molar-refractivity contribution in [3.8, 4) is 0 Å². The Morgan fingerprint density at radius 3 is 0.778 bits per heavy atom. The van der Waals surface area contributed by atoms with E-state index in [0.717, 1.165) is 0 Å². The molecule has 0 bridgehead atoms. The van der Waals surface area contributed by atoms with E-state index in [9.17, 15) is 0 Å². The maximum atomic E-state index is 2.74. The van der Waals surface area contributed by atoms with Gasteiger partial charge in [0.15, 0.2) is 0 Å². The third-order valence-electron chi connectivity index (χ3n) is 10.8. The van der Waals surface area contributed by atoms with E-state index in [-0.39, 0.29) is 32.7 Å². The first-order chi connectivity index (χ1) is 18.9. The molecule has 0 nitrogen and oxygen atoms in total. The molecule has 0 heterocycles. The zero-order chi connectivity index (χ0) is 35.5. The quantitative estimate of drug-likeness (QED) is 0.169. The van der Waals surface area contributed by atoms with Gasteiger partial charge in [0.1, 0.15) is 0 Å². The van der Waals surface area contributed by atoms with Gasteiger partial charge in [-0.15, -0.1) is 16.1 Å². The zero-order valence-corrected chi connectivity index (χ0v) is 44.8. The van der Waals surface area contributed by atoms with Crippen LogP contribution < -0.4 is 0 Å². The normalized spacial score (nSPS) is 20.8. The minimum Gasteiger partial charge on any atom is -0.327 e. The van der Waals surface area contributed by atoms with Crippen LogP contribution in [0.3, 0.4) is 0 Å². The van der Waals surface area contributed by atoms with Crippen molar-refractivity contribution >= 4 is 56.5 Å². The fraction of sp³-hybridized carbons (Fsp3) is 0.703. The predicted molar refractivity (Wildman–Crippen MR) is 226 cm³/mol. The van der Waals surface area contributed by atoms with Crippen LogP contribution in [0.5, 0.6) is 0 Å². The van der Waals surface area contributed by atoms with E-state index in [1.54, 1.807) is 33.2 Å². The van der Waals surface area contributed by atoms with Crippen LogP contribution in [0.1, 0.15) is 41.5 Å². The van der Waals surface area contributed by atoms with Crippen molar-refractivity contribution in [2.24, 2.45) is 0 Å². The van der Waals surface area contributed by atoms with Crippen LogP contribution in [0.15, 0.2) is 0 Å². The van der Waals surface area contributed by atoms with Crippen LogP contribution in [0, 0.1) is 64.6 Å². The summed E-state index contributed by atoms with van der Waals surface area (Å²) >= 11 is 0. The Kier molecular flexibility index (Phi) is 16.2. The van der Waals surface area contributed by atoms with Crippen molar-refractivity contribution in [3.63, 3.8) is 0 Å². The smallest absolute Gasteiger partial charge is 0.327 e. The molecule has 10 radical (unpaired) electrons. The average Bonchev–Trinajstić information content (AvgIpc) is 3.36. The molecule has 2 aliphatic rings. The van der Waals surface area contributed by atoms with Crippen LogP contribution in [0.4, 0.5) is 0 Å². The molecule has 0 N–H and O–H groups in total. The van der Waals surface area contributed by atoms with Crippen LogP contribution in [-0.2, 0) is 32.7 Å². The van der Waals surface area contributed by atoms with Gasteiger partial charge in [0, 0.05) is 0 Å². The van der Waals surface area contributed by atoms with E-state index < -0.39 is 56.5 Å². The molecule has 0 aromatic heterocycles. The maximum absolute atomic E-state index is 2.74. The maximum Gasteiger partial charge on any atom is 3.00 e. The molecule has 2 aliphatic carbocycles. The Balaban J connectivity index is 0.00000168. The molecular formula is C37H77Si7Y+2. The molecule has 0 spiro atoms. The molecule has 2 saturated carbocycles. The summed E-state index contributed by atoms with van der Waals surface area (Å²) in [6, 6.07) is 0. The predicted octanol–water partition coefficient (Wildman–Crippen LogP) is 12.9. The number of rotatable bonds is 8. The summed E-state index contributed by atoms with van der Waals surface area (Å²) in [5.41, 5.74) is 13.1. The van der Waals surface area contributed by atoms with Crippen molar-refractivity contribution in [2.75, 3.05) is 0 Å². The van der Waals surface area contributed by atoms with Gasteiger partial charge in [-0.25, -0.2) is 0 Å². The summed E-state index contributed by atoms with van der Waals surface area (Å²) < 4.78 is 0. The van der Waals surface area contributed by atoms with Gasteiger partial charge in [0.25, 0.3) is 0 Å². The van der Waals surface area contributed by atoms with E-state index in [0.29, 0.717) is 10.1 Å². The van der Waals surface area contributed by atoms with Crippen molar-refractivity contribution in [1.82, 2.24) is 0 Å². The Labute approximate surface area is 320 Å².